The van der Waals surface area contributed by atoms with Crippen molar-refractivity contribution in [2.75, 3.05) is 0 Å². The van der Waals surface area contributed by atoms with Crippen LogP contribution >= 0.6 is 0 Å². The lowest BCUT2D eigenvalue weighted by Crippen LogP contribution is -2.20. The topological polar surface area (TPSA) is 130 Å². The van der Waals surface area contributed by atoms with Gasteiger partial charge >= 0.3 is 0 Å². The Morgan fingerprint density at radius 3 is 1.52 bits per heavy atom. The van der Waals surface area contributed by atoms with Crippen molar-refractivity contribution in [3.8, 4) is 0 Å². The third-order valence-electron chi connectivity index (χ3n) is 4.85. The normalized spacial score (nSPS) is 16.3. The van der Waals surface area contributed by atoms with Crippen LogP contribution in [0.4, 0.5) is 0 Å². The van der Waals surface area contributed by atoms with Crippen LogP contribution in [-0.4, -0.2) is 43.7 Å². The van der Waals surface area contributed by atoms with Gasteiger partial charge in [0.2, 0.25) is 0 Å². The van der Waals surface area contributed by atoms with Crippen molar-refractivity contribution >= 4 is 22.8 Å². The summed E-state index contributed by atoms with van der Waals surface area (Å²) in [5.41, 5.74) is 2.95. The molecule has 8 heteroatoms. The first-order valence-corrected chi connectivity index (χ1v) is 8.81. The summed E-state index contributed by atoms with van der Waals surface area (Å²) in [5.74, 6) is 0.190. The molecular weight excluding hydrogens is 348 g/mol. The van der Waals surface area contributed by atoms with Crippen molar-refractivity contribution in [2.24, 2.45) is 20.6 Å². The lowest BCUT2D eigenvalue weighted by Gasteiger charge is -2.19. The van der Waals surface area contributed by atoms with E-state index in [1.807, 2.05) is 24.3 Å². The monoisotopic (exact) mass is 376 g/mol. The second-order valence-electron chi connectivity index (χ2n) is 6.55. The van der Waals surface area contributed by atoms with E-state index in [1.54, 1.807) is 0 Å². The molecule has 0 spiro atoms. The molecule has 0 aliphatic heterocycles. The average molecular weight is 376 g/mol. The van der Waals surface area contributed by atoms with E-state index < -0.39 is 0 Å². The van der Waals surface area contributed by atoms with Crippen LogP contribution in [0, 0.1) is 0 Å². The first-order valence-electron chi connectivity index (χ1n) is 8.81. The summed E-state index contributed by atoms with van der Waals surface area (Å²) in [6, 6.07) is 8.05. The molecular formula is C19H28N4O4. The maximum atomic E-state index is 9.27. The summed E-state index contributed by atoms with van der Waals surface area (Å²) >= 11 is 0. The van der Waals surface area contributed by atoms with Crippen LogP contribution < -0.4 is 0 Å². The zero-order valence-electron chi connectivity index (χ0n) is 16.2. The van der Waals surface area contributed by atoms with Gasteiger partial charge in [0.25, 0.3) is 0 Å². The minimum absolute atomic E-state index is 0.189. The molecule has 1 rings (SSSR count). The van der Waals surface area contributed by atoms with Gasteiger partial charge in [-0.1, -0.05) is 58.7 Å². The lowest BCUT2D eigenvalue weighted by molar-refractivity contribution is 0.311. The van der Waals surface area contributed by atoms with Crippen LogP contribution in [0.3, 0.4) is 0 Å². The van der Waals surface area contributed by atoms with E-state index >= 15 is 0 Å². The number of nitrogens with zero attached hydrogens (tertiary/aromatic N) is 4. The molecule has 0 saturated heterocycles. The third-order valence-corrected chi connectivity index (χ3v) is 4.85. The SMILES string of the molecule is CCC(C)c1ccc(C(CC(=N/O)/C(C)=N/O)CC(=N\O)/C(C)=N/O)cc1. The smallest absolute Gasteiger partial charge is 0.105 e. The zero-order valence-corrected chi connectivity index (χ0v) is 16.2. The molecule has 4 N–H and O–H groups in total. The average Bonchev–Trinajstić information content (AvgIpc) is 2.72. The second kappa shape index (κ2) is 10.9. The molecule has 2 atom stereocenters. The molecule has 1 aromatic carbocycles. The van der Waals surface area contributed by atoms with Gasteiger partial charge in [-0.05, 0) is 43.2 Å². The predicted octanol–water partition coefficient (Wildman–Crippen LogP) is 4.42. The van der Waals surface area contributed by atoms with Crippen molar-refractivity contribution in [3.63, 3.8) is 0 Å². The number of rotatable bonds is 9. The van der Waals surface area contributed by atoms with E-state index in [0.29, 0.717) is 5.92 Å². The molecule has 0 aliphatic rings. The Hall–Kier alpha value is -2.90. The highest BCUT2D eigenvalue weighted by atomic mass is 16.4. The Morgan fingerprint density at radius 1 is 0.778 bits per heavy atom. The Morgan fingerprint density at radius 2 is 1.19 bits per heavy atom. The molecule has 148 valence electrons. The van der Waals surface area contributed by atoms with Gasteiger partial charge in [-0.15, -0.1) is 0 Å². The van der Waals surface area contributed by atoms with Crippen molar-refractivity contribution in [1.29, 1.82) is 0 Å². The summed E-state index contributed by atoms with van der Waals surface area (Å²) in [6.07, 6.45) is 1.52. The molecule has 0 heterocycles. The van der Waals surface area contributed by atoms with E-state index in [9.17, 15) is 10.4 Å². The van der Waals surface area contributed by atoms with E-state index in [0.717, 1.165) is 12.0 Å². The first kappa shape index (κ1) is 22.1. The fourth-order valence-corrected chi connectivity index (χ4v) is 2.74. The first-order chi connectivity index (χ1) is 12.9. The Labute approximate surface area is 159 Å². The minimum atomic E-state index is -0.249. The number of hydrogen-bond donors (Lipinski definition) is 4. The molecule has 0 radical (unpaired) electrons. The molecule has 0 aliphatic carbocycles. The maximum Gasteiger partial charge on any atom is 0.105 e. The van der Waals surface area contributed by atoms with Gasteiger partial charge < -0.3 is 20.8 Å². The van der Waals surface area contributed by atoms with Crippen LogP contribution in [0.2, 0.25) is 0 Å². The Bertz CT molecular complexity index is 688. The summed E-state index contributed by atoms with van der Waals surface area (Å²) < 4.78 is 0. The predicted molar refractivity (Wildman–Crippen MR) is 105 cm³/mol. The molecule has 0 saturated carbocycles. The standard InChI is InChI=1S/C19H28N4O4/c1-5-12(2)15-6-8-16(9-7-15)17(10-18(22-26)13(3)20-24)11-19(23-27)14(4)21-25/h6-9,12,17,24-27H,5,10-11H2,1-4H3/b20-13+,21-14+,22-18-,23-19+. The summed E-state index contributed by atoms with van der Waals surface area (Å²) in [7, 11) is 0. The number of oxime groups is 4. The molecule has 1 aromatic rings. The molecule has 0 bridgehead atoms. The van der Waals surface area contributed by atoms with Gasteiger partial charge in [0, 0.05) is 12.8 Å². The fraction of sp³-hybridized carbons (Fsp3) is 0.474. The Balaban J connectivity index is 3.24. The largest absolute Gasteiger partial charge is 0.411 e. The van der Waals surface area contributed by atoms with Gasteiger partial charge in [0.15, 0.2) is 0 Å². The summed E-state index contributed by atoms with van der Waals surface area (Å²) in [5, 5.41) is 49.1. The second-order valence-corrected chi connectivity index (χ2v) is 6.55. The minimum Gasteiger partial charge on any atom is -0.411 e. The van der Waals surface area contributed by atoms with Crippen molar-refractivity contribution < 1.29 is 20.8 Å². The van der Waals surface area contributed by atoms with Gasteiger partial charge in [-0.3, -0.25) is 0 Å². The van der Waals surface area contributed by atoms with Gasteiger partial charge in [0.05, 0.1) is 0 Å². The van der Waals surface area contributed by atoms with Gasteiger partial charge in [0.1, 0.15) is 22.8 Å². The summed E-state index contributed by atoms with van der Waals surface area (Å²) in [6.45, 7) is 7.34. The van der Waals surface area contributed by atoms with E-state index in [1.165, 1.54) is 19.4 Å². The maximum absolute atomic E-state index is 9.27. The van der Waals surface area contributed by atoms with Crippen LogP contribution in [0.1, 0.15) is 69.9 Å². The van der Waals surface area contributed by atoms with E-state index in [4.69, 9.17) is 10.4 Å². The molecule has 0 amide bonds. The van der Waals surface area contributed by atoms with Crippen molar-refractivity contribution in [3.05, 3.63) is 35.4 Å². The quantitative estimate of drug-likeness (QED) is 0.288. The van der Waals surface area contributed by atoms with E-state index in [2.05, 4.69) is 34.5 Å². The molecule has 2 unspecified atom stereocenters. The zero-order chi connectivity index (χ0) is 20.4. The molecule has 8 nitrogen and oxygen atoms in total. The fourth-order valence-electron chi connectivity index (χ4n) is 2.74. The Kier molecular flexibility index (Phi) is 8.98. The molecule has 0 aromatic heterocycles. The third kappa shape index (κ3) is 6.09. The van der Waals surface area contributed by atoms with Crippen LogP contribution in [0.25, 0.3) is 0 Å². The number of hydrogen-bond acceptors (Lipinski definition) is 8. The highest BCUT2D eigenvalue weighted by Crippen LogP contribution is 2.28. The van der Waals surface area contributed by atoms with Crippen LogP contribution in [0.5, 0.6) is 0 Å². The van der Waals surface area contributed by atoms with Crippen molar-refractivity contribution in [1.82, 2.24) is 0 Å². The highest BCUT2D eigenvalue weighted by molar-refractivity contribution is 6.42. The number of benzene rings is 1. The van der Waals surface area contributed by atoms with Crippen molar-refractivity contribution in [2.45, 2.75) is 58.8 Å². The van der Waals surface area contributed by atoms with Gasteiger partial charge in [-0.2, -0.15) is 0 Å². The summed E-state index contributed by atoms with van der Waals surface area (Å²) in [4.78, 5) is 0. The molecule has 27 heavy (non-hydrogen) atoms. The van der Waals surface area contributed by atoms with Crippen LogP contribution in [-0.2, 0) is 0 Å². The van der Waals surface area contributed by atoms with E-state index in [-0.39, 0.29) is 41.6 Å². The molecule has 0 fully saturated rings. The van der Waals surface area contributed by atoms with Gasteiger partial charge in [-0.25, -0.2) is 0 Å². The highest BCUT2D eigenvalue weighted by Gasteiger charge is 2.22. The van der Waals surface area contributed by atoms with Crippen LogP contribution in [0.15, 0.2) is 44.9 Å². The lowest BCUT2D eigenvalue weighted by atomic mass is 9.85.